The van der Waals surface area contributed by atoms with E-state index in [0.717, 1.165) is 0 Å². The predicted octanol–water partition coefficient (Wildman–Crippen LogP) is 0.138. The third kappa shape index (κ3) is 4.46. The predicted molar refractivity (Wildman–Crippen MR) is 73.5 cm³/mol. The summed E-state index contributed by atoms with van der Waals surface area (Å²) in [4.78, 5) is 0.0931. The van der Waals surface area contributed by atoms with Crippen LogP contribution in [0.25, 0.3) is 0 Å². The number of rotatable bonds is 7. The zero-order valence-electron chi connectivity index (χ0n) is 11.0. The molecule has 0 spiro atoms. The average molecular weight is 288 g/mol. The fourth-order valence-electron chi connectivity index (χ4n) is 1.56. The summed E-state index contributed by atoms with van der Waals surface area (Å²) >= 11 is 0. The van der Waals surface area contributed by atoms with Crippen molar-refractivity contribution >= 4 is 15.7 Å². The molecule has 0 bridgehead atoms. The monoisotopic (exact) mass is 288 g/mol. The van der Waals surface area contributed by atoms with E-state index in [-0.39, 0.29) is 24.2 Å². The van der Waals surface area contributed by atoms with Gasteiger partial charge < -0.3 is 15.5 Å². The minimum absolute atomic E-state index is 0.0931. The first-order chi connectivity index (χ1) is 8.90. The highest BCUT2D eigenvalue weighted by atomic mass is 32.2. The zero-order chi connectivity index (χ0) is 14.5. The molecule has 19 heavy (non-hydrogen) atoms. The quantitative estimate of drug-likeness (QED) is 0.572. The van der Waals surface area contributed by atoms with E-state index in [2.05, 4.69) is 10.0 Å². The summed E-state index contributed by atoms with van der Waals surface area (Å²) in [6.45, 7) is 2.89. The second-order valence-corrected chi connectivity index (χ2v) is 6.16. The second-order valence-electron chi connectivity index (χ2n) is 4.48. The minimum Gasteiger partial charge on any atom is -0.394 e. The maximum atomic E-state index is 12.1. The summed E-state index contributed by atoms with van der Waals surface area (Å²) in [6.07, 6.45) is 0. The first-order valence-corrected chi connectivity index (χ1v) is 7.48. The maximum Gasteiger partial charge on any atom is 0.242 e. The van der Waals surface area contributed by atoms with Crippen LogP contribution in [0.1, 0.15) is 13.8 Å². The molecule has 0 radical (unpaired) electrons. The Bertz CT molecular complexity index is 498. The number of benzene rings is 1. The zero-order valence-corrected chi connectivity index (χ0v) is 11.8. The molecule has 0 unspecified atom stereocenters. The minimum atomic E-state index is -3.63. The van der Waals surface area contributed by atoms with E-state index < -0.39 is 16.1 Å². The van der Waals surface area contributed by atoms with E-state index in [9.17, 15) is 8.42 Å². The van der Waals surface area contributed by atoms with Crippen molar-refractivity contribution in [2.45, 2.75) is 30.8 Å². The molecule has 1 aromatic rings. The highest BCUT2D eigenvalue weighted by Gasteiger charge is 2.20. The molecule has 6 nitrogen and oxygen atoms in total. The van der Waals surface area contributed by atoms with Crippen LogP contribution in [0.5, 0.6) is 0 Å². The Hall–Kier alpha value is -1.15. The Morgan fingerprint density at radius 1 is 1.16 bits per heavy atom. The molecule has 0 aromatic heterocycles. The van der Waals surface area contributed by atoms with Crippen LogP contribution in [0.2, 0.25) is 0 Å². The molecule has 0 saturated carbocycles. The molecule has 1 rings (SSSR count). The van der Waals surface area contributed by atoms with Gasteiger partial charge >= 0.3 is 0 Å². The Balaban J connectivity index is 3.08. The lowest BCUT2D eigenvalue weighted by Crippen LogP contribution is -2.32. The molecule has 1 aromatic carbocycles. The third-order valence-corrected chi connectivity index (χ3v) is 4.08. The molecule has 0 fully saturated rings. The van der Waals surface area contributed by atoms with E-state index in [1.165, 1.54) is 6.07 Å². The van der Waals surface area contributed by atoms with Crippen LogP contribution >= 0.6 is 0 Å². The first-order valence-electron chi connectivity index (χ1n) is 6.00. The number of aliphatic hydroxyl groups excluding tert-OH is 2. The van der Waals surface area contributed by atoms with Crippen LogP contribution in [-0.4, -0.2) is 43.9 Å². The molecule has 0 aliphatic carbocycles. The summed E-state index contributed by atoms with van der Waals surface area (Å²) in [6, 6.07) is 5.54. The van der Waals surface area contributed by atoms with Gasteiger partial charge in [-0.25, -0.2) is 13.1 Å². The van der Waals surface area contributed by atoms with E-state index in [0.29, 0.717) is 5.69 Å². The van der Waals surface area contributed by atoms with E-state index >= 15 is 0 Å². The Labute approximate surface area is 113 Å². The standard InChI is InChI=1S/C12H20N2O4S/c1-9(2)14-19(17,18)12-6-4-3-5-11(12)13-10(7-15)8-16/h3-6,9-10,13-16H,7-8H2,1-2H3. The van der Waals surface area contributed by atoms with Crippen molar-refractivity contribution in [2.24, 2.45) is 0 Å². The second kappa shape index (κ2) is 6.85. The molecule has 0 aliphatic heterocycles. The number of hydrogen-bond donors (Lipinski definition) is 4. The maximum absolute atomic E-state index is 12.1. The SMILES string of the molecule is CC(C)NS(=O)(=O)c1ccccc1NC(CO)CO. The molecular weight excluding hydrogens is 268 g/mol. The van der Waals surface area contributed by atoms with Crippen LogP contribution in [0.3, 0.4) is 0 Å². The number of hydrogen-bond acceptors (Lipinski definition) is 5. The van der Waals surface area contributed by atoms with Crippen LogP contribution in [0, 0.1) is 0 Å². The molecule has 0 atom stereocenters. The normalized spacial score (nSPS) is 12.1. The van der Waals surface area contributed by atoms with Gasteiger partial charge in [-0.3, -0.25) is 0 Å². The molecule has 0 saturated heterocycles. The van der Waals surface area contributed by atoms with Crippen LogP contribution < -0.4 is 10.0 Å². The van der Waals surface area contributed by atoms with E-state index in [1.54, 1.807) is 32.0 Å². The fraction of sp³-hybridized carbons (Fsp3) is 0.500. The van der Waals surface area contributed by atoms with Crippen molar-refractivity contribution < 1.29 is 18.6 Å². The summed E-state index contributed by atoms with van der Waals surface area (Å²) in [5.41, 5.74) is 0.351. The molecular formula is C12H20N2O4S. The molecule has 0 aliphatic rings. The third-order valence-electron chi connectivity index (χ3n) is 2.37. The fourth-order valence-corrected chi connectivity index (χ4v) is 2.98. The molecule has 0 heterocycles. The first kappa shape index (κ1) is 15.9. The van der Waals surface area contributed by atoms with Gasteiger partial charge in [0.2, 0.25) is 10.0 Å². The molecule has 0 amide bonds. The topological polar surface area (TPSA) is 98.7 Å². The number of sulfonamides is 1. The highest BCUT2D eigenvalue weighted by Crippen LogP contribution is 2.21. The van der Waals surface area contributed by atoms with Gasteiger partial charge in [0.25, 0.3) is 0 Å². The van der Waals surface area contributed by atoms with Crippen LogP contribution in [0.15, 0.2) is 29.2 Å². The lowest BCUT2D eigenvalue weighted by atomic mass is 10.2. The van der Waals surface area contributed by atoms with Gasteiger partial charge in [0, 0.05) is 6.04 Å². The number of aliphatic hydroxyl groups is 2. The highest BCUT2D eigenvalue weighted by molar-refractivity contribution is 7.89. The molecule has 108 valence electrons. The van der Waals surface area contributed by atoms with Crippen molar-refractivity contribution in [1.82, 2.24) is 4.72 Å². The van der Waals surface area contributed by atoms with Crippen molar-refractivity contribution in [2.75, 3.05) is 18.5 Å². The van der Waals surface area contributed by atoms with Gasteiger partial charge in [-0.05, 0) is 26.0 Å². The largest absolute Gasteiger partial charge is 0.394 e. The van der Waals surface area contributed by atoms with Gasteiger partial charge in [0.05, 0.1) is 24.9 Å². The lowest BCUT2D eigenvalue weighted by Gasteiger charge is -2.18. The van der Waals surface area contributed by atoms with Gasteiger partial charge in [-0.15, -0.1) is 0 Å². The molecule has 4 N–H and O–H groups in total. The lowest BCUT2D eigenvalue weighted by molar-refractivity contribution is 0.203. The Morgan fingerprint density at radius 3 is 2.26 bits per heavy atom. The van der Waals surface area contributed by atoms with Crippen LogP contribution in [0.4, 0.5) is 5.69 Å². The van der Waals surface area contributed by atoms with Crippen molar-refractivity contribution in [3.8, 4) is 0 Å². The van der Waals surface area contributed by atoms with Gasteiger partial charge in [-0.2, -0.15) is 0 Å². The summed E-state index contributed by atoms with van der Waals surface area (Å²) in [7, 11) is -3.63. The van der Waals surface area contributed by atoms with Gasteiger partial charge in [0.1, 0.15) is 4.90 Å². The summed E-state index contributed by atoms with van der Waals surface area (Å²) in [5, 5.41) is 20.9. The van der Waals surface area contributed by atoms with E-state index in [1.807, 2.05) is 0 Å². The van der Waals surface area contributed by atoms with Crippen LogP contribution in [-0.2, 0) is 10.0 Å². The smallest absolute Gasteiger partial charge is 0.242 e. The van der Waals surface area contributed by atoms with Crippen molar-refractivity contribution in [3.63, 3.8) is 0 Å². The summed E-state index contributed by atoms with van der Waals surface area (Å²) in [5.74, 6) is 0. The van der Waals surface area contributed by atoms with Crippen molar-refractivity contribution in [3.05, 3.63) is 24.3 Å². The summed E-state index contributed by atoms with van der Waals surface area (Å²) < 4.78 is 26.8. The molecule has 7 heteroatoms. The van der Waals surface area contributed by atoms with E-state index in [4.69, 9.17) is 10.2 Å². The number of para-hydroxylation sites is 1. The average Bonchev–Trinajstić information content (AvgIpc) is 2.34. The van der Waals surface area contributed by atoms with Gasteiger partial charge in [-0.1, -0.05) is 12.1 Å². The number of anilines is 1. The van der Waals surface area contributed by atoms with Crippen molar-refractivity contribution in [1.29, 1.82) is 0 Å². The van der Waals surface area contributed by atoms with Gasteiger partial charge in [0.15, 0.2) is 0 Å². The Kier molecular flexibility index (Phi) is 5.74. The number of nitrogens with one attached hydrogen (secondary N) is 2. The Morgan fingerprint density at radius 2 is 1.74 bits per heavy atom.